The molecule has 0 aromatic heterocycles. The van der Waals surface area contributed by atoms with Crippen LogP contribution in [-0.2, 0) is 0 Å². The zero-order valence-corrected chi connectivity index (χ0v) is 10.1. The van der Waals surface area contributed by atoms with Crippen LogP contribution in [0.25, 0.3) is 0 Å². The van der Waals surface area contributed by atoms with Gasteiger partial charge in [0.15, 0.2) is 0 Å². The second-order valence-corrected chi connectivity index (χ2v) is 3.98. The lowest BCUT2D eigenvalue weighted by Crippen LogP contribution is -2.05. The highest BCUT2D eigenvalue weighted by atomic mass is 19.1. The van der Waals surface area contributed by atoms with E-state index in [0.29, 0.717) is 5.69 Å². The molecule has 2 rings (SSSR count). The Kier molecular flexibility index (Phi) is 3.65. The molecule has 0 amide bonds. The van der Waals surface area contributed by atoms with Gasteiger partial charge in [-0.2, -0.15) is 0 Å². The quantitative estimate of drug-likeness (QED) is 0.798. The van der Waals surface area contributed by atoms with Crippen LogP contribution in [0, 0.1) is 5.82 Å². The Balaban J connectivity index is 2.34. The van der Waals surface area contributed by atoms with Crippen molar-refractivity contribution in [1.82, 2.24) is 0 Å². The maximum atomic E-state index is 13.7. The summed E-state index contributed by atoms with van der Waals surface area (Å²) in [6, 6.07) is 9.26. The highest BCUT2D eigenvalue weighted by Crippen LogP contribution is 2.24. The molecule has 0 spiro atoms. The van der Waals surface area contributed by atoms with E-state index in [2.05, 4.69) is 5.32 Å². The molecule has 5 nitrogen and oxygen atoms in total. The van der Waals surface area contributed by atoms with E-state index >= 15 is 0 Å². The number of aromatic carboxylic acids is 2. The fraction of sp³-hybridized carbons (Fsp3) is 0. The minimum Gasteiger partial charge on any atom is -0.478 e. The lowest BCUT2D eigenvalue weighted by molar-refractivity contribution is 0.0686. The van der Waals surface area contributed by atoms with Crippen LogP contribution in [0.4, 0.5) is 15.8 Å². The Morgan fingerprint density at radius 3 is 2.15 bits per heavy atom. The number of hydrogen-bond donors (Lipinski definition) is 3. The van der Waals surface area contributed by atoms with Gasteiger partial charge in [-0.05, 0) is 36.4 Å². The molecular weight excluding hydrogens is 265 g/mol. The van der Waals surface area contributed by atoms with Gasteiger partial charge in [0, 0.05) is 5.69 Å². The van der Waals surface area contributed by atoms with Gasteiger partial charge in [0.05, 0.1) is 16.8 Å². The Labute approximate surface area is 113 Å². The number of nitrogens with one attached hydrogen (secondary N) is 1. The fourth-order valence-corrected chi connectivity index (χ4v) is 1.67. The average Bonchev–Trinajstić information content (AvgIpc) is 2.41. The standard InChI is InChI=1S/C14H10FNO4/c15-11-3-1-2-10(14(19)20)12(11)16-9-6-4-8(5-7-9)13(17)18/h1-7,16H,(H,17,18)(H,19,20). The molecular formula is C14H10FNO4. The molecule has 0 atom stereocenters. The SMILES string of the molecule is O=C(O)c1ccc(Nc2c(F)cccc2C(=O)O)cc1. The Morgan fingerprint density at radius 1 is 0.950 bits per heavy atom. The smallest absolute Gasteiger partial charge is 0.337 e. The Morgan fingerprint density at radius 2 is 1.60 bits per heavy atom. The van der Waals surface area contributed by atoms with Crippen LogP contribution in [0.3, 0.4) is 0 Å². The van der Waals surface area contributed by atoms with E-state index in [0.717, 1.165) is 6.07 Å². The largest absolute Gasteiger partial charge is 0.478 e. The molecule has 0 aliphatic rings. The number of halogens is 1. The molecule has 0 saturated heterocycles. The van der Waals surface area contributed by atoms with E-state index in [1.165, 1.54) is 36.4 Å². The maximum absolute atomic E-state index is 13.7. The molecule has 102 valence electrons. The molecule has 0 bridgehead atoms. The fourth-order valence-electron chi connectivity index (χ4n) is 1.67. The lowest BCUT2D eigenvalue weighted by Gasteiger charge is -2.10. The first-order valence-electron chi connectivity index (χ1n) is 5.61. The number of carbonyl (C=O) groups is 2. The molecule has 0 fully saturated rings. The van der Waals surface area contributed by atoms with Crippen LogP contribution < -0.4 is 5.32 Å². The lowest BCUT2D eigenvalue weighted by atomic mass is 10.1. The normalized spacial score (nSPS) is 10.1. The molecule has 0 unspecified atom stereocenters. The number of carboxylic acid groups (broad SMARTS) is 2. The minimum absolute atomic E-state index is 0.0857. The summed E-state index contributed by atoms with van der Waals surface area (Å²) in [5.74, 6) is -3.03. The molecule has 6 heteroatoms. The summed E-state index contributed by atoms with van der Waals surface area (Å²) < 4.78 is 13.7. The van der Waals surface area contributed by atoms with E-state index in [4.69, 9.17) is 10.2 Å². The van der Waals surface area contributed by atoms with Crippen molar-refractivity contribution in [3.63, 3.8) is 0 Å². The maximum Gasteiger partial charge on any atom is 0.337 e. The van der Waals surface area contributed by atoms with Crippen molar-refractivity contribution in [1.29, 1.82) is 0 Å². The van der Waals surface area contributed by atoms with Gasteiger partial charge in [-0.1, -0.05) is 6.07 Å². The van der Waals surface area contributed by atoms with Gasteiger partial charge in [0.2, 0.25) is 0 Å². The third-order valence-electron chi connectivity index (χ3n) is 2.65. The zero-order valence-electron chi connectivity index (χ0n) is 10.1. The first-order chi connectivity index (χ1) is 9.49. The summed E-state index contributed by atoms with van der Waals surface area (Å²) in [6.07, 6.45) is 0. The molecule has 0 aliphatic carbocycles. The van der Waals surface area contributed by atoms with Crippen LogP contribution >= 0.6 is 0 Å². The number of hydrogen-bond acceptors (Lipinski definition) is 3. The molecule has 2 aromatic rings. The number of rotatable bonds is 4. The summed E-state index contributed by atoms with van der Waals surface area (Å²) in [6.45, 7) is 0. The van der Waals surface area contributed by atoms with Crippen LogP contribution in [0.5, 0.6) is 0 Å². The monoisotopic (exact) mass is 275 g/mol. The highest BCUT2D eigenvalue weighted by Gasteiger charge is 2.14. The van der Waals surface area contributed by atoms with E-state index in [-0.39, 0.29) is 16.8 Å². The average molecular weight is 275 g/mol. The molecule has 0 radical (unpaired) electrons. The van der Waals surface area contributed by atoms with Gasteiger partial charge in [-0.3, -0.25) is 0 Å². The van der Waals surface area contributed by atoms with Crippen molar-refractivity contribution >= 4 is 23.3 Å². The van der Waals surface area contributed by atoms with Gasteiger partial charge in [0.1, 0.15) is 5.82 Å². The second-order valence-electron chi connectivity index (χ2n) is 3.98. The van der Waals surface area contributed by atoms with Crippen molar-refractivity contribution < 1.29 is 24.2 Å². The van der Waals surface area contributed by atoms with Crippen molar-refractivity contribution in [2.45, 2.75) is 0 Å². The summed E-state index contributed by atoms with van der Waals surface area (Å²) in [7, 11) is 0. The predicted molar refractivity (Wildman–Crippen MR) is 70.0 cm³/mol. The van der Waals surface area contributed by atoms with Crippen molar-refractivity contribution in [2.24, 2.45) is 0 Å². The van der Waals surface area contributed by atoms with Crippen LogP contribution in [0.1, 0.15) is 20.7 Å². The predicted octanol–water partition coefficient (Wildman–Crippen LogP) is 2.97. The Hall–Kier alpha value is -2.89. The van der Waals surface area contributed by atoms with Crippen LogP contribution in [0.2, 0.25) is 0 Å². The summed E-state index contributed by atoms with van der Waals surface area (Å²) >= 11 is 0. The summed E-state index contributed by atoms with van der Waals surface area (Å²) in [5.41, 5.74) is 0.112. The number of para-hydroxylation sites is 1. The van der Waals surface area contributed by atoms with Gasteiger partial charge in [-0.25, -0.2) is 14.0 Å². The molecule has 0 saturated carbocycles. The van der Waals surface area contributed by atoms with Crippen LogP contribution in [0.15, 0.2) is 42.5 Å². The minimum atomic E-state index is -1.26. The van der Waals surface area contributed by atoms with Gasteiger partial charge < -0.3 is 15.5 Å². The van der Waals surface area contributed by atoms with E-state index < -0.39 is 17.8 Å². The summed E-state index contributed by atoms with van der Waals surface area (Å²) in [5, 5.41) is 20.4. The Bertz CT molecular complexity index is 667. The van der Waals surface area contributed by atoms with Gasteiger partial charge >= 0.3 is 11.9 Å². The van der Waals surface area contributed by atoms with Gasteiger partial charge in [-0.15, -0.1) is 0 Å². The van der Waals surface area contributed by atoms with E-state index in [1.807, 2.05) is 0 Å². The number of benzene rings is 2. The first-order valence-corrected chi connectivity index (χ1v) is 5.61. The molecule has 20 heavy (non-hydrogen) atoms. The van der Waals surface area contributed by atoms with Crippen molar-refractivity contribution in [3.05, 3.63) is 59.4 Å². The molecule has 3 N–H and O–H groups in total. The topological polar surface area (TPSA) is 86.6 Å². The number of anilines is 2. The zero-order chi connectivity index (χ0) is 14.7. The molecule has 2 aromatic carbocycles. The first kappa shape index (κ1) is 13.5. The van der Waals surface area contributed by atoms with Crippen LogP contribution in [-0.4, -0.2) is 22.2 Å². The third kappa shape index (κ3) is 2.74. The third-order valence-corrected chi connectivity index (χ3v) is 2.65. The van der Waals surface area contributed by atoms with Crippen molar-refractivity contribution in [3.8, 4) is 0 Å². The van der Waals surface area contributed by atoms with Gasteiger partial charge in [0.25, 0.3) is 0 Å². The molecule has 0 aliphatic heterocycles. The van der Waals surface area contributed by atoms with E-state index in [9.17, 15) is 14.0 Å². The van der Waals surface area contributed by atoms with E-state index in [1.54, 1.807) is 0 Å². The highest BCUT2D eigenvalue weighted by molar-refractivity contribution is 5.95. The molecule has 0 heterocycles. The second kappa shape index (κ2) is 5.40. The van der Waals surface area contributed by atoms with Crippen molar-refractivity contribution in [2.75, 3.05) is 5.32 Å². The number of carboxylic acids is 2. The summed E-state index contributed by atoms with van der Waals surface area (Å²) in [4.78, 5) is 21.7.